The molecule has 1 amide bonds. The first-order valence-corrected chi connectivity index (χ1v) is 10.2. The molecule has 3 rings (SSSR count). The maximum atomic E-state index is 12.6. The van der Waals surface area contributed by atoms with Gasteiger partial charge in [0.15, 0.2) is 6.10 Å². The van der Waals surface area contributed by atoms with E-state index in [1.165, 1.54) is 4.31 Å². The Labute approximate surface area is 158 Å². The smallest absolute Gasteiger partial charge is 0.263 e. The topological polar surface area (TPSA) is 84.9 Å². The molecule has 0 bridgehead atoms. The summed E-state index contributed by atoms with van der Waals surface area (Å²) in [6.45, 7) is 1.76. The second kappa shape index (κ2) is 7.87. The number of hydrogen-bond acceptors (Lipinski definition) is 5. The predicted octanol–water partition coefficient (Wildman–Crippen LogP) is 1.93. The van der Waals surface area contributed by atoms with Crippen LogP contribution in [0.15, 0.2) is 48.5 Å². The molecule has 1 atom stereocenters. The molecule has 0 radical (unpaired) electrons. The Balaban J connectivity index is 1.78. The van der Waals surface area contributed by atoms with Crippen LogP contribution in [0.5, 0.6) is 11.5 Å². The van der Waals surface area contributed by atoms with Gasteiger partial charge in [-0.05, 0) is 25.1 Å². The molecule has 8 heteroatoms. The predicted molar refractivity (Wildman–Crippen MR) is 103 cm³/mol. The molecule has 1 aliphatic rings. The Bertz CT molecular complexity index is 929. The normalized spacial score (nSPS) is 16.2. The van der Waals surface area contributed by atoms with E-state index in [4.69, 9.17) is 9.47 Å². The third-order valence-corrected chi connectivity index (χ3v) is 6.12. The van der Waals surface area contributed by atoms with Crippen LogP contribution in [0.4, 0.5) is 5.69 Å². The summed E-state index contributed by atoms with van der Waals surface area (Å²) < 4.78 is 37.2. The average Bonchev–Trinajstić information content (AvgIpc) is 2.71. The van der Waals surface area contributed by atoms with Gasteiger partial charge in [0.1, 0.15) is 11.5 Å². The number of carbonyl (C=O) groups excluding carboxylic acids is 1. The van der Waals surface area contributed by atoms with Crippen molar-refractivity contribution in [3.63, 3.8) is 0 Å². The number of nitrogens with one attached hydrogen (secondary N) is 1. The Kier molecular flexibility index (Phi) is 5.55. The minimum atomic E-state index is -3.53. The van der Waals surface area contributed by atoms with Crippen LogP contribution in [0.1, 0.15) is 12.5 Å². The fourth-order valence-electron chi connectivity index (χ4n) is 2.90. The highest BCUT2D eigenvalue weighted by Gasteiger charge is 2.35. The van der Waals surface area contributed by atoms with Crippen molar-refractivity contribution in [2.45, 2.75) is 19.6 Å². The lowest BCUT2D eigenvalue weighted by molar-refractivity contribution is -0.127. The van der Waals surface area contributed by atoms with Gasteiger partial charge in [-0.1, -0.05) is 30.3 Å². The average molecular weight is 390 g/mol. The second-order valence-electron chi connectivity index (χ2n) is 6.04. The Hall–Kier alpha value is -2.74. The van der Waals surface area contributed by atoms with Crippen molar-refractivity contribution in [2.24, 2.45) is 0 Å². The van der Waals surface area contributed by atoms with Crippen molar-refractivity contribution in [1.82, 2.24) is 5.32 Å². The fraction of sp³-hybridized carbons (Fsp3) is 0.316. The summed E-state index contributed by atoms with van der Waals surface area (Å²) in [5, 5.41) is 2.80. The molecular weight excluding hydrogens is 368 g/mol. The number of rotatable bonds is 6. The highest BCUT2D eigenvalue weighted by molar-refractivity contribution is 7.92. The molecule has 144 valence electrons. The monoisotopic (exact) mass is 390 g/mol. The highest BCUT2D eigenvalue weighted by atomic mass is 32.2. The van der Waals surface area contributed by atoms with Gasteiger partial charge in [-0.2, -0.15) is 0 Å². The van der Waals surface area contributed by atoms with Crippen LogP contribution in [-0.4, -0.2) is 39.8 Å². The number of nitrogens with zero attached hydrogens (tertiary/aromatic N) is 1. The highest BCUT2D eigenvalue weighted by Crippen LogP contribution is 2.35. The molecule has 0 saturated carbocycles. The van der Waals surface area contributed by atoms with Crippen LogP contribution in [0, 0.1) is 0 Å². The zero-order valence-corrected chi connectivity index (χ0v) is 16.0. The number of amides is 1. The van der Waals surface area contributed by atoms with Gasteiger partial charge >= 0.3 is 0 Å². The van der Waals surface area contributed by atoms with Crippen LogP contribution in [0.3, 0.4) is 0 Å². The minimum absolute atomic E-state index is 0.0586. The summed E-state index contributed by atoms with van der Waals surface area (Å²) in [6.07, 6.45) is -0.934. The molecule has 1 heterocycles. The van der Waals surface area contributed by atoms with Gasteiger partial charge in [0.05, 0.1) is 25.1 Å². The lowest BCUT2D eigenvalue weighted by Crippen LogP contribution is -2.50. The largest absolute Gasteiger partial charge is 0.496 e. The van der Waals surface area contributed by atoms with E-state index in [-0.39, 0.29) is 24.7 Å². The maximum absolute atomic E-state index is 12.6. The van der Waals surface area contributed by atoms with Crippen LogP contribution < -0.4 is 19.1 Å². The molecule has 0 fully saturated rings. The van der Waals surface area contributed by atoms with E-state index >= 15 is 0 Å². The summed E-state index contributed by atoms with van der Waals surface area (Å²) >= 11 is 0. The Morgan fingerprint density at radius 2 is 1.93 bits per heavy atom. The summed E-state index contributed by atoms with van der Waals surface area (Å²) in [4.78, 5) is 12.6. The number of sulfonamides is 1. The number of benzene rings is 2. The van der Waals surface area contributed by atoms with E-state index in [1.807, 2.05) is 24.3 Å². The van der Waals surface area contributed by atoms with Gasteiger partial charge in [0, 0.05) is 12.1 Å². The lowest BCUT2D eigenvalue weighted by atomic mass is 10.2. The first kappa shape index (κ1) is 19.0. The Morgan fingerprint density at radius 3 is 2.67 bits per heavy atom. The van der Waals surface area contributed by atoms with Gasteiger partial charge in [0.25, 0.3) is 5.91 Å². The summed E-state index contributed by atoms with van der Waals surface area (Å²) in [7, 11) is -1.96. The zero-order chi connectivity index (χ0) is 19.4. The Morgan fingerprint density at radius 1 is 1.22 bits per heavy atom. The lowest BCUT2D eigenvalue weighted by Gasteiger charge is -2.34. The molecule has 27 heavy (non-hydrogen) atoms. The number of ether oxygens (including phenoxy) is 2. The van der Waals surface area contributed by atoms with Crippen LogP contribution in [0.2, 0.25) is 0 Å². The summed E-state index contributed by atoms with van der Waals surface area (Å²) in [5.74, 6) is 0.601. The number of carbonyl (C=O) groups is 1. The molecule has 2 aromatic carbocycles. The van der Waals surface area contributed by atoms with E-state index in [9.17, 15) is 13.2 Å². The molecule has 0 aromatic heterocycles. The molecule has 0 saturated heterocycles. The van der Waals surface area contributed by atoms with Crippen molar-refractivity contribution < 1.29 is 22.7 Å². The molecule has 1 unspecified atom stereocenters. The molecule has 1 aliphatic heterocycles. The first-order valence-electron chi connectivity index (χ1n) is 8.62. The van der Waals surface area contributed by atoms with Crippen LogP contribution in [0.25, 0.3) is 0 Å². The van der Waals surface area contributed by atoms with Crippen molar-refractivity contribution in [3.8, 4) is 11.5 Å². The third-order valence-electron chi connectivity index (χ3n) is 4.37. The molecular formula is C19H22N2O5S. The summed E-state index contributed by atoms with van der Waals surface area (Å²) in [5.41, 5.74) is 1.27. The SMILES string of the molecule is CCS(=O)(=O)N1CC(C(=O)NCc2ccccc2OC)Oc2ccccc21. The number of fused-ring (bicyclic) bond motifs is 1. The van der Waals surface area contributed by atoms with Crippen molar-refractivity contribution >= 4 is 21.6 Å². The van der Waals surface area contributed by atoms with Gasteiger partial charge in [-0.15, -0.1) is 0 Å². The molecule has 0 aliphatic carbocycles. The molecule has 2 aromatic rings. The quantitative estimate of drug-likeness (QED) is 0.815. The van der Waals surface area contributed by atoms with Gasteiger partial charge in [-0.25, -0.2) is 8.42 Å². The van der Waals surface area contributed by atoms with E-state index in [1.54, 1.807) is 38.3 Å². The van der Waals surface area contributed by atoms with E-state index in [0.29, 0.717) is 17.2 Å². The standard InChI is InChI=1S/C19H22N2O5S/c1-3-27(23,24)21-13-18(26-17-11-7-5-9-15(17)21)19(22)20-12-14-8-4-6-10-16(14)25-2/h4-11,18H,3,12-13H2,1-2H3,(H,20,22). The van der Waals surface area contributed by atoms with Gasteiger partial charge < -0.3 is 14.8 Å². The van der Waals surface area contributed by atoms with Crippen LogP contribution in [-0.2, 0) is 21.4 Å². The minimum Gasteiger partial charge on any atom is -0.496 e. The number of hydrogen-bond donors (Lipinski definition) is 1. The second-order valence-corrected chi connectivity index (χ2v) is 8.22. The van der Waals surface area contributed by atoms with Crippen LogP contribution >= 0.6 is 0 Å². The van der Waals surface area contributed by atoms with Gasteiger partial charge in [-0.3, -0.25) is 9.10 Å². The third kappa shape index (κ3) is 4.00. The van der Waals surface area contributed by atoms with Crippen molar-refractivity contribution in [1.29, 1.82) is 0 Å². The number of methoxy groups -OCH3 is 1. The van der Waals surface area contributed by atoms with Crippen molar-refractivity contribution in [2.75, 3.05) is 23.7 Å². The molecule has 7 nitrogen and oxygen atoms in total. The fourth-order valence-corrected chi connectivity index (χ4v) is 4.03. The van der Waals surface area contributed by atoms with E-state index in [2.05, 4.69) is 5.32 Å². The van der Waals surface area contributed by atoms with Crippen molar-refractivity contribution in [3.05, 3.63) is 54.1 Å². The first-order chi connectivity index (χ1) is 13.0. The number of anilines is 1. The van der Waals surface area contributed by atoms with E-state index in [0.717, 1.165) is 5.56 Å². The van der Waals surface area contributed by atoms with Gasteiger partial charge in [0.2, 0.25) is 10.0 Å². The molecule has 1 N–H and O–H groups in total. The number of para-hydroxylation sites is 3. The van der Waals surface area contributed by atoms with E-state index < -0.39 is 16.1 Å². The molecule has 0 spiro atoms. The maximum Gasteiger partial charge on any atom is 0.263 e. The summed E-state index contributed by atoms with van der Waals surface area (Å²) in [6, 6.07) is 14.2. The zero-order valence-electron chi connectivity index (χ0n) is 15.2.